The maximum Gasteiger partial charge on any atom is 0.238 e. The van der Waals surface area contributed by atoms with E-state index in [0.29, 0.717) is 39.1 Å². The van der Waals surface area contributed by atoms with Crippen LogP contribution in [-0.2, 0) is 14.3 Å². The van der Waals surface area contributed by atoms with Gasteiger partial charge in [0.15, 0.2) is 0 Å². The van der Waals surface area contributed by atoms with Crippen LogP contribution in [0.3, 0.4) is 0 Å². The van der Waals surface area contributed by atoms with Crippen molar-refractivity contribution in [2.45, 2.75) is 12.8 Å². The second kappa shape index (κ2) is 7.95. The van der Waals surface area contributed by atoms with Crippen molar-refractivity contribution < 1.29 is 19.1 Å². The summed E-state index contributed by atoms with van der Waals surface area (Å²) in [5.74, 6) is 0.650. The lowest BCUT2D eigenvalue weighted by Crippen LogP contribution is -2.53. The number of amides is 2. The van der Waals surface area contributed by atoms with Crippen molar-refractivity contribution in [3.8, 4) is 5.75 Å². The van der Waals surface area contributed by atoms with E-state index in [1.165, 1.54) is 0 Å². The highest BCUT2D eigenvalue weighted by atomic mass is 16.5. The highest BCUT2D eigenvalue weighted by Gasteiger charge is 2.58. The molecule has 0 atom stereocenters. The van der Waals surface area contributed by atoms with Crippen molar-refractivity contribution in [3.05, 3.63) is 24.3 Å². The summed E-state index contributed by atoms with van der Waals surface area (Å²) >= 11 is 0. The molecule has 1 N–H and O–H groups in total. The molecule has 2 fully saturated rings. The lowest BCUT2D eigenvalue weighted by atomic mass is 10.0. The highest BCUT2D eigenvalue weighted by Crippen LogP contribution is 2.47. The van der Waals surface area contributed by atoms with Crippen LogP contribution in [-0.4, -0.2) is 70.3 Å². The lowest BCUT2D eigenvalue weighted by molar-refractivity contribution is -0.144. The minimum Gasteiger partial charge on any atom is -0.497 e. The average Bonchev–Trinajstić information content (AvgIpc) is 3.50. The number of anilines is 1. The highest BCUT2D eigenvalue weighted by molar-refractivity contribution is 6.07. The second-order valence-electron chi connectivity index (χ2n) is 6.81. The number of carbonyl (C=O) groups excluding carboxylic acids is 2. The molecule has 0 aromatic heterocycles. The molecule has 0 unspecified atom stereocenters. The summed E-state index contributed by atoms with van der Waals surface area (Å²) in [5.41, 5.74) is 0.284. The third-order valence-corrected chi connectivity index (χ3v) is 5.19. The van der Waals surface area contributed by atoms with E-state index in [1.54, 1.807) is 14.2 Å². The SMILES string of the molecule is COCCNC(=O)C1(C(=O)N2CCN(c3ccc(OC)cc3)CC2)CC1. The van der Waals surface area contributed by atoms with Crippen LogP contribution in [0.5, 0.6) is 5.75 Å². The molecule has 3 rings (SSSR count). The van der Waals surface area contributed by atoms with Gasteiger partial charge in [-0.05, 0) is 37.1 Å². The smallest absolute Gasteiger partial charge is 0.238 e. The Bertz CT molecular complexity index is 635. The molecule has 0 bridgehead atoms. The van der Waals surface area contributed by atoms with Gasteiger partial charge in [0.1, 0.15) is 11.2 Å². The van der Waals surface area contributed by atoms with Gasteiger partial charge in [0.25, 0.3) is 0 Å². The van der Waals surface area contributed by atoms with Crippen LogP contribution in [0.1, 0.15) is 12.8 Å². The van der Waals surface area contributed by atoms with Crippen molar-refractivity contribution in [1.82, 2.24) is 10.2 Å². The molecule has 7 heteroatoms. The van der Waals surface area contributed by atoms with Gasteiger partial charge >= 0.3 is 0 Å². The van der Waals surface area contributed by atoms with Gasteiger partial charge in [-0.15, -0.1) is 0 Å². The molecule has 0 spiro atoms. The maximum atomic E-state index is 12.9. The Hall–Kier alpha value is -2.28. The van der Waals surface area contributed by atoms with E-state index in [9.17, 15) is 9.59 Å². The summed E-state index contributed by atoms with van der Waals surface area (Å²) in [6.07, 6.45) is 1.28. The Balaban J connectivity index is 1.54. The van der Waals surface area contributed by atoms with Crippen LogP contribution < -0.4 is 15.0 Å². The predicted molar refractivity (Wildman–Crippen MR) is 98.3 cm³/mol. The van der Waals surface area contributed by atoms with Gasteiger partial charge < -0.3 is 24.6 Å². The van der Waals surface area contributed by atoms with Crippen LogP contribution in [0.15, 0.2) is 24.3 Å². The van der Waals surface area contributed by atoms with Crippen molar-refractivity contribution in [3.63, 3.8) is 0 Å². The first kappa shape index (κ1) is 18.5. The van der Waals surface area contributed by atoms with Crippen molar-refractivity contribution >= 4 is 17.5 Å². The predicted octanol–water partition coefficient (Wildman–Crippen LogP) is 0.887. The molecule has 142 valence electrons. The number of hydrogen-bond donors (Lipinski definition) is 1. The topological polar surface area (TPSA) is 71.1 Å². The maximum absolute atomic E-state index is 12.9. The van der Waals surface area contributed by atoms with Crippen LogP contribution >= 0.6 is 0 Å². The van der Waals surface area contributed by atoms with Crippen molar-refractivity contribution in [2.24, 2.45) is 5.41 Å². The Kier molecular flexibility index (Phi) is 5.66. The molecule has 1 aliphatic heterocycles. The quantitative estimate of drug-likeness (QED) is 0.577. The first-order valence-electron chi connectivity index (χ1n) is 9.06. The molecule has 26 heavy (non-hydrogen) atoms. The van der Waals surface area contributed by atoms with E-state index < -0.39 is 5.41 Å². The first-order chi connectivity index (χ1) is 12.6. The summed E-state index contributed by atoms with van der Waals surface area (Å²) in [6, 6.07) is 7.94. The lowest BCUT2D eigenvalue weighted by Gasteiger charge is -2.37. The summed E-state index contributed by atoms with van der Waals surface area (Å²) in [7, 11) is 3.24. The Labute approximate surface area is 154 Å². The summed E-state index contributed by atoms with van der Waals surface area (Å²) in [4.78, 5) is 29.4. The van der Waals surface area contributed by atoms with Gasteiger partial charge in [-0.25, -0.2) is 0 Å². The molecule has 2 aliphatic rings. The van der Waals surface area contributed by atoms with E-state index >= 15 is 0 Å². The monoisotopic (exact) mass is 361 g/mol. The van der Waals surface area contributed by atoms with Gasteiger partial charge in [-0.2, -0.15) is 0 Å². The Morgan fingerprint density at radius 3 is 2.27 bits per heavy atom. The first-order valence-corrected chi connectivity index (χ1v) is 9.06. The number of piperazine rings is 1. The van der Waals surface area contributed by atoms with E-state index in [2.05, 4.69) is 10.2 Å². The number of carbonyl (C=O) groups is 2. The molecular weight excluding hydrogens is 334 g/mol. The molecule has 1 heterocycles. The van der Waals surface area contributed by atoms with Crippen molar-refractivity contribution in [1.29, 1.82) is 0 Å². The number of nitrogens with zero attached hydrogens (tertiary/aromatic N) is 2. The van der Waals surface area contributed by atoms with Gasteiger partial charge in [-0.1, -0.05) is 0 Å². The summed E-state index contributed by atoms with van der Waals surface area (Å²) in [6.45, 7) is 3.70. The van der Waals surface area contributed by atoms with Gasteiger partial charge in [0.05, 0.1) is 13.7 Å². The normalized spacial score (nSPS) is 18.4. The van der Waals surface area contributed by atoms with Crippen LogP contribution in [0.2, 0.25) is 0 Å². The zero-order valence-corrected chi connectivity index (χ0v) is 15.5. The average molecular weight is 361 g/mol. The number of ether oxygens (including phenoxy) is 2. The summed E-state index contributed by atoms with van der Waals surface area (Å²) in [5, 5.41) is 2.82. The number of hydrogen-bond acceptors (Lipinski definition) is 5. The number of nitrogens with one attached hydrogen (secondary N) is 1. The molecule has 1 saturated carbocycles. The fraction of sp³-hybridized carbons (Fsp3) is 0.579. The Morgan fingerprint density at radius 1 is 1.08 bits per heavy atom. The standard InChI is InChI=1S/C19H27N3O4/c1-25-14-9-20-17(23)19(7-8-19)18(24)22-12-10-21(11-13-22)15-3-5-16(26-2)6-4-15/h3-6H,7-14H2,1-2H3,(H,20,23). The van der Waals surface area contributed by atoms with Gasteiger partial charge in [-0.3, -0.25) is 9.59 Å². The molecule has 1 aromatic carbocycles. The van der Waals surface area contributed by atoms with Crippen molar-refractivity contribution in [2.75, 3.05) is 58.5 Å². The zero-order valence-electron chi connectivity index (χ0n) is 15.5. The molecule has 7 nitrogen and oxygen atoms in total. The molecule has 2 amide bonds. The molecule has 1 aliphatic carbocycles. The second-order valence-corrected chi connectivity index (χ2v) is 6.81. The van der Waals surface area contributed by atoms with E-state index in [-0.39, 0.29) is 11.8 Å². The number of rotatable bonds is 7. The fourth-order valence-corrected chi connectivity index (χ4v) is 3.36. The molecule has 1 saturated heterocycles. The fourth-order valence-electron chi connectivity index (χ4n) is 3.36. The molecule has 1 aromatic rings. The minimum absolute atomic E-state index is 0.0261. The Morgan fingerprint density at radius 2 is 1.73 bits per heavy atom. The van der Waals surface area contributed by atoms with E-state index in [0.717, 1.165) is 24.5 Å². The third kappa shape index (κ3) is 3.77. The zero-order chi connectivity index (χ0) is 18.6. The van der Waals surface area contributed by atoms with Gasteiger partial charge in [0, 0.05) is 45.5 Å². The largest absolute Gasteiger partial charge is 0.497 e. The van der Waals surface area contributed by atoms with Gasteiger partial charge in [0.2, 0.25) is 11.8 Å². The number of methoxy groups -OCH3 is 2. The van der Waals surface area contributed by atoms with E-state index in [1.807, 2.05) is 29.2 Å². The van der Waals surface area contributed by atoms with Crippen LogP contribution in [0.25, 0.3) is 0 Å². The number of benzene rings is 1. The minimum atomic E-state index is -0.837. The summed E-state index contributed by atoms with van der Waals surface area (Å²) < 4.78 is 10.1. The van der Waals surface area contributed by atoms with E-state index in [4.69, 9.17) is 9.47 Å². The molecule has 0 radical (unpaired) electrons. The molecular formula is C19H27N3O4. The van der Waals surface area contributed by atoms with Crippen LogP contribution in [0.4, 0.5) is 5.69 Å². The third-order valence-electron chi connectivity index (χ3n) is 5.19. The van der Waals surface area contributed by atoms with Crippen LogP contribution in [0, 0.1) is 5.41 Å².